The van der Waals surface area contributed by atoms with Gasteiger partial charge in [-0.15, -0.1) is 0 Å². The molecule has 16 nitrogen and oxygen atoms in total. The number of benzene rings is 2. The lowest BCUT2D eigenvalue weighted by Gasteiger charge is -2.11. The van der Waals surface area contributed by atoms with Crippen molar-refractivity contribution in [2.45, 2.75) is 6.92 Å². The zero-order valence-corrected chi connectivity index (χ0v) is 29.9. The minimum absolute atomic E-state index is 0.106. The average molecular weight is 723 g/mol. The summed E-state index contributed by atoms with van der Waals surface area (Å²) in [7, 11) is 0. The van der Waals surface area contributed by atoms with E-state index >= 15 is 0 Å². The molecule has 2 aromatic rings. The minimum atomic E-state index is -0.226. The lowest BCUT2D eigenvalue weighted by atomic mass is 10.2. The molecule has 0 bridgehead atoms. The molecule has 52 heavy (non-hydrogen) atoms. The molecule has 0 unspecified atom stereocenters. The molecule has 0 aliphatic rings. The molecule has 0 spiro atoms. The Morgan fingerprint density at radius 1 is 0.788 bits per heavy atom. The van der Waals surface area contributed by atoms with Gasteiger partial charge in [0.1, 0.15) is 0 Å². The fourth-order valence-corrected chi connectivity index (χ4v) is 3.99. The minimum Gasteiger partial charge on any atom is -0.399 e. The maximum Gasteiger partial charge on any atom is 0.251 e. The number of aliphatic imine (C=N–C) groups is 2. The number of guanidine groups is 2. The molecule has 0 fully saturated rings. The van der Waals surface area contributed by atoms with Gasteiger partial charge in [0.2, 0.25) is 11.9 Å². The number of allylic oxidation sites excluding steroid dienone is 3. The van der Waals surface area contributed by atoms with Crippen LogP contribution in [0.4, 0.5) is 17.1 Å². The summed E-state index contributed by atoms with van der Waals surface area (Å²) >= 11 is 0. The Kier molecular flexibility index (Phi) is 22.9. The molecule has 0 radical (unpaired) electrons. The summed E-state index contributed by atoms with van der Waals surface area (Å²) < 4.78 is 21.8. The zero-order chi connectivity index (χ0) is 37.7. The van der Waals surface area contributed by atoms with Crippen LogP contribution in [0.3, 0.4) is 0 Å². The van der Waals surface area contributed by atoms with E-state index in [1.54, 1.807) is 60.7 Å². The highest BCUT2D eigenvalue weighted by Gasteiger charge is 2.07. The maximum atomic E-state index is 12.5. The first-order valence-corrected chi connectivity index (χ1v) is 17.0. The second-order valence-electron chi connectivity index (χ2n) is 10.7. The number of carbonyl (C=O) groups excluding carboxylic acids is 2. The molecule has 284 valence electrons. The van der Waals surface area contributed by atoms with Gasteiger partial charge in [-0.1, -0.05) is 24.8 Å². The first-order chi connectivity index (χ1) is 25.4. The molecule has 0 aromatic heterocycles. The Hall–Kier alpha value is -5.10. The summed E-state index contributed by atoms with van der Waals surface area (Å²) in [5.74, 6) is -0.0917. The quantitative estimate of drug-likeness (QED) is 0.0182. The number of ether oxygens (including phenoxy) is 4. The van der Waals surface area contributed by atoms with E-state index in [4.69, 9.17) is 36.1 Å². The highest BCUT2D eigenvalue weighted by Crippen LogP contribution is 2.12. The number of nitrogens with zero attached hydrogens (tertiary/aromatic N) is 2. The number of amides is 2. The van der Waals surface area contributed by atoms with Crippen LogP contribution in [0.25, 0.3) is 0 Å². The average Bonchev–Trinajstić information content (AvgIpc) is 3.14. The maximum absolute atomic E-state index is 12.5. The molecule has 0 aliphatic heterocycles. The first-order valence-electron chi connectivity index (χ1n) is 17.0. The van der Waals surface area contributed by atoms with Gasteiger partial charge in [-0.05, 0) is 61.5 Å². The summed E-state index contributed by atoms with van der Waals surface area (Å²) in [4.78, 5) is 33.5. The summed E-state index contributed by atoms with van der Waals surface area (Å²) in [5.41, 5.74) is 20.3. The van der Waals surface area contributed by atoms with Gasteiger partial charge in [-0.25, -0.2) is 4.99 Å². The Balaban J connectivity index is 1.79. The number of nitrogens with one attached hydrogen (secondary N) is 5. The van der Waals surface area contributed by atoms with Gasteiger partial charge in [0.25, 0.3) is 11.8 Å². The van der Waals surface area contributed by atoms with Crippen LogP contribution in [-0.2, 0) is 23.7 Å². The second-order valence-corrected chi connectivity index (χ2v) is 10.7. The SMILES string of the molecule is C=C/C(=C\C=C/C)C(=O)NCCOCCOCCNC/N=C(\N=C(/N)Nc1ccc(N)cc1)Nc1ccc(C(=O)NCCOCCOCCN)cc1. The smallest absolute Gasteiger partial charge is 0.251 e. The van der Waals surface area contributed by atoms with E-state index < -0.39 is 0 Å². The standard InChI is InChI=1S/C36H54N10O6/c1-3-5-6-28(4-2)33(47)41-17-21-52-26-25-50-20-16-40-27-43-36(46-35(39)44-31-13-9-30(38)10-14-31)45-32-11-7-29(8-12-32)34(48)42-18-22-51-24-23-49-19-15-37/h3-14,40H,2,15-27,37-38H2,1H3,(H,41,47)(H,42,48)(H4,39,43,44,45,46)/b5-3-,28-6+. The van der Waals surface area contributed by atoms with Crippen LogP contribution >= 0.6 is 0 Å². The third-order valence-corrected chi connectivity index (χ3v) is 6.60. The zero-order valence-electron chi connectivity index (χ0n) is 29.9. The number of carbonyl (C=O) groups is 2. The molecule has 0 saturated carbocycles. The van der Waals surface area contributed by atoms with E-state index in [0.29, 0.717) is 107 Å². The van der Waals surface area contributed by atoms with Crippen molar-refractivity contribution >= 4 is 40.8 Å². The summed E-state index contributed by atoms with van der Waals surface area (Å²) in [5, 5.41) is 14.9. The van der Waals surface area contributed by atoms with Crippen molar-refractivity contribution in [3.8, 4) is 0 Å². The normalized spacial score (nSPS) is 12.2. The van der Waals surface area contributed by atoms with Crippen molar-refractivity contribution in [2.75, 3.05) is 102 Å². The predicted molar refractivity (Wildman–Crippen MR) is 207 cm³/mol. The molecule has 16 heteroatoms. The highest BCUT2D eigenvalue weighted by atomic mass is 16.5. The molecule has 11 N–H and O–H groups in total. The lowest BCUT2D eigenvalue weighted by Crippen LogP contribution is -2.28. The van der Waals surface area contributed by atoms with E-state index in [1.165, 1.54) is 6.08 Å². The van der Waals surface area contributed by atoms with E-state index in [1.807, 2.05) is 13.0 Å². The monoisotopic (exact) mass is 722 g/mol. The molecule has 2 rings (SSSR count). The Labute approximate surface area is 306 Å². The van der Waals surface area contributed by atoms with Crippen LogP contribution in [0.15, 0.2) is 95.0 Å². The Morgan fingerprint density at radius 3 is 1.98 bits per heavy atom. The second kappa shape index (κ2) is 27.6. The molecule has 2 amide bonds. The van der Waals surface area contributed by atoms with Crippen molar-refractivity contribution in [3.05, 3.63) is 90.6 Å². The van der Waals surface area contributed by atoms with Crippen LogP contribution in [-0.4, -0.2) is 109 Å². The van der Waals surface area contributed by atoms with Crippen molar-refractivity contribution in [1.29, 1.82) is 0 Å². The Bertz CT molecular complexity index is 1450. The van der Waals surface area contributed by atoms with Crippen molar-refractivity contribution in [3.63, 3.8) is 0 Å². The summed E-state index contributed by atoms with van der Waals surface area (Å²) in [6.07, 6.45) is 6.82. The third kappa shape index (κ3) is 19.9. The van der Waals surface area contributed by atoms with Gasteiger partial charge in [-0.3, -0.25) is 14.9 Å². The third-order valence-electron chi connectivity index (χ3n) is 6.60. The molecule has 0 atom stereocenters. The topological polar surface area (TPSA) is 234 Å². The molecule has 0 heterocycles. The van der Waals surface area contributed by atoms with E-state index in [2.05, 4.69) is 43.1 Å². The van der Waals surface area contributed by atoms with Crippen LogP contribution in [0.1, 0.15) is 17.3 Å². The molecule has 2 aromatic carbocycles. The number of nitrogens with two attached hydrogens (primary N) is 3. The Morgan fingerprint density at radius 2 is 1.37 bits per heavy atom. The van der Waals surface area contributed by atoms with Gasteiger partial charge in [-0.2, -0.15) is 4.99 Å². The number of hydrogen-bond acceptors (Lipinski definition) is 10. The molecule has 0 saturated heterocycles. The lowest BCUT2D eigenvalue weighted by molar-refractivity contribution is -0.117. The predicted octanol–water partition coefficient (Wildman–Crippen LogP) is 1.57. The van der Waals surface area contributed by atoms with Crippen LogP contribution in [0.5, 0.6) is 0 Å². The van der Waals surface area contributed by atoms with Gasteiger partial charge >= 0.3 is 0 Å². The van der Waals surface area contributed by atoms with Crippen molar-refractivity contribution in [2.24, 2.45) is 21.5 Å². The number of anilines is 3. The van der Waals surface area contributed by atoms with Crippen molar-refractivity contribution in [1.82, 2.24) is 16.0 Å². The molecular weight excluding hydrogens is 668 g/mol. The summed E-state index contributed by atoms with van der Waals surface area (Å²) in [6, 6.07) is 13.9. The van der Waals surface area contributed by atoms with E-state index in [0.717, 1.165) is 0 Å². The number of nitrogen functional groups attached to an aromatic ring is 1. The van der Waals surface area contributed by atoms with Crippen LogP contribution < -0.4 is 43.8 Å². The van der Waals surface area contributed by atoms with Gasteiger partial charge in [0.05, 0.1) is 59.5 Å². The van der Waals surface area contributed by atoms with E-state index in [9.17, 15) is 9.59 Å². The molecule has 0 aliphatic carbocycles. The number of rotatable bonds is 25. The van der Waals surface area contributed by atoms with Crippen LogP contribution in [0, 0.1) is 0 Å². The van der Waals surface area contributed by atoms with Gasteiger partial charge < -0.3 is 57.4 Å². The fourth-order valence-electron chi connectivity index (χ4n) is 3.99. The summed E-state index contributed by atoms with van der Waals surface area (Å²) in [6.45, 7) is 10.8. The van der Waals surface area contributed by atoms with E-state index in [-0.39, 0.29) is 30.4 Å². The van der Waals surface area contributed by atoms with Gasteiger partial charge in [0, 0.05) is 54.4 Å². The number of hydrogen-bond donors (Lipinski definition) is 8. The van der Waals surface area contributed by atoms with Crippen molar-refractivity contribution < 1.29 is 28.5 Å². The van der Waals surface area contributed by atoms with Crippen LogP contribution in [0.2, 0.25) is 0 Å². The largest absolute Gasteiger partial charge is 0.399 e. The van der Waals surface area contributed by atoms with Gasteiger partial charge in [0.15, 0.2) is 0 Å². The highest BCUT2D eigenvalue weighted by molar-refractivity contribution is 6.06. The fraction of sp³-hybridized carbons (Fsp3) is 0.389. The molecular formula is C36H54N10O6. The first kappa shape index (κ1) is 43.1.